The summed E-state index contributed by atoms with van der Waals surface area (Å²) in [5, 5.41) is 196. The lowest BCUT2D eigenvalue weighted by Crippen LogP contribution is -2.72. The molecule has 102 heavy (non-hydrogen) atoms. The van der Waals surface area contributed by atoms with Gasteiger partial charge in [0, 0.05) is 26.7 Å². The maximum absolute atomic E-state index is 13.8. The number of aliphatic hydroxyl groups excluding tert-OH is 16. The van der Waals surface area contributed by atoms with Gasteiger partial charge in [0.1, 0.15) is 116 Å². The summed E-state index contributed by atoms with van der Waals surface area (Å²) in [5.41, 5.74) is 0.858. The molecule has 2 unspecified atom stereocenters. The van der Waals surface area contributed by atoms with E-state index in [-0.39, 0.29) is 6.42 Å². The molecule has 0 spiro atoms. The second-order valence-corrected chi connectivity index (χ2v) is 26.7. The Kier molecular flexibility index (Phi) is 36.8. The van der Waals surface area contributed by atoms with Gasteiger partial charge in [-0.1, -0.05) is 151 Å². The summed E-state index contributed by atoms with van der Waals surface area (Å²) in [4.78, 5) is 52.8. The van der Waals surface area contributed by atoms with E-state index in [0.717, 1.165) is 51.5 Å². The molecule has 6 rings (SSSR count). The number of hydrogen-bond donors (Lipinski definition) is 20. The van der Waals surface area contributed by atoms with Crippen LogP contribution in [0.25, 0.3) is 6.08 Å². The Labute approximate surface area is 592 Å². The first-order valence-electron chi connectivity index (χ1n) is 35.3. The van der Waals surface area contributed by atoms with Gasteiger partial charge in [-0.25, -0.2) is 4.79 Å². The highest BCUT2D eigenvalue weighted by molar-refractivity contribution is 5.77. The van der Waals surface area contributed by atoms with Crippen LogP contribution in [-0.2, 0) is 66.5 Å². The Hall–Kier alpha value is -4.46. The van der Waals surface area contributed by atoms with Crippen molar-refractivity contribution in [2.45, 2.75) is 301 Å². The SMILES string of the molecule is CCCCCCCCCCCCCCCCCC(=O)N[C@@H](CO[C@@H]1O[C@H](CO)[C@@H](O[C@@H]2O[C@H](CO)[C@H](O[C@@H]3O[C@H](CO)[C@H](O)[C@H](O[C@@H]4O[C@H](CO)[C@H](O)[C@H](O)[C@H]4O)[C@H]3NC(C)=O)[C@H](O[C@]3(C(=O)O)C[C@H](O)C(NC(C)=O)C([C@H](O)[C@H](O)CO)O3)[C@H]2O)[C@H](O)[C@H]1O)[C@H](O)/C=C/C=C/c1ccccc1. The second-order valence-electron chi connectivity index (χ2n) is 26.7. The predicted octanol–water partition coefficient (Wildman–Crippen LogP) is -4.03. The van der Waals surface area contributed by atoms with E-state index in [1.165, 1.54) is 63.9 Å². The van der Waals surface area contributed by atoms with E-state index < -0.39 is 241 Å². The van der Waals surface area contributed by atoms with Gasteiger partial charge in [-0.15, -0.1) is 0 Å². The normalized spacial score (nSPS) is 35.7. The molecule has 0 radical (unpaired) electrons. The second kappa shape index (κ2) is 43.4. The van der Waals surface area contributed by atoms with Crippen molar-refractivity contribution in [3.8, 4) is 0 Å². The molecular weight excluding hydrogens is 1350 g/mol. The molecule has 5 heterocycles. The Morgan fingerprint density at radius 3 is 1.63 bits per heavy atom. The number of nitrogens with one attached hydrogen (secondary N) is 3. The van der Waals surface area contributed by atoms with Crippen molar-refractivity contribution in [2.75, 3.05) is 39.6 Å². The number of amides is 3. The van der Waals surface area contributed by atoms with E-state index in [0.29, 0.717) is 6.42 Å². The summed E-state index contributed by atoms with van der Waals surface area (Å²) in [7, 11) is 0. The lowest BCUT2D eigenvalue weighted by atomic mass is 9.88. The highest BCUT2D eigenvalue weighted by atomic mass is 16.8. The minimum absolute atomic E-state index is 0.102. The van der Waals surface area contributed by atoms with Crippen molar-refractivity contribution in [2.24, 2.45) is 0 Å². The van der Waals surface area contributed by atoms with Gasteiger partial charge in [0.05, 0.1) is 63.9 Å². The number of rotatable bonds is 42. The highest BCUT2D eigenvalue weighted by Crippen LogP contribution is 2.41. The minimum atomic E-state index is -3.39. The average molecular weight is 1470 g/mol. The third kappa shape index (κ3) is 24.3. The zero-order valence-corrected chi connectivity index (χ0v) is 57.9. The van der Waals surface area contributed by atoms with E-state index in [4.69, 9.17) is 47.4 Å². The number of carboxylic acids is 1. The summed E-state index contributed by atoms with van der Waals surface area (Å²) >= 11 is 0. The third-order valence-corrected chi connectivity index (χ3v) is 18.8. The van der Waals surface area contributed by atoms with Crippen molar-refractivity contribution >= 4 is 29.8 Å². The molecule has 34 nitrogen and oxygen atoms in total. The number of carbonyl (C=O) groups excluding carboxylic acids is 3. The van der Waals surface area contributed by atoms with Gasteiger partial charge >= 0.3 is 5.97 Å². The van der Waals surface area contributed by atoms with Crippen LogP contribution in [0.5, 0.6) is 0 Å². The van der Waals surface area contributed by atoms with E-state index in [1.54, 1.807) is 18.2 Å². The summed E-state index contributed by atoms with van der Waals surface area (Å²) < 4.78 is 59.8. The van der Waals surface area contributed by atoms with Crippen LogP contribution in [0, 0.1) is 0 Å². The van der Waals surface area contributed by atoms with Gasteiger partial charge in [0.2, 0.25) is 17.7 Å². The van der Waals surface area contributed by atoms with Crippen LogP contribution in [0.2, 0.25) is 0 Å². The number of ether oxygens (including phenoxy) is 10. The van der Waals surface area contributed by atoms with Gasteiger partial charge in [0.25, 0.3) is 5.79 Å². The first-order valence-corrected chi connectivity index (χ1v) is 35.3. The number of carbonyl (C=O) groups is 4. The summed E-state index contributed by atoms with van der Waals surface area (Å²) in [6.45, 7) is -2.00. The zero-order chi connectivity index (χ0) is 74.8. The Bertz CT molecular complexity index is 2670. The van der Waals surface area contributed by atoms with Crippen molar-refractivity contribution < 1.29 is 153 Å². The molecule has 5 fully saturated rings. The van der Waals surface area contributed by atoms with Gasteiger partial charge in [0.15, 0.2) is 25.2 Å². The molecule has 0 aromatic heterocycles. The van der Waals surface area contributed by atoms with E-state index in [9.17, 15) is 106 Å². The molecule has 3 amide bonds. The molecule has 0 saturated carbocycles. The molecule has 5 aliphatic rings. The summed E-state index contributed by atoms with van der Waals surface area (Å²) in [6, 6.07) is 4.37. The lowest BCUT2D eigenvalue weighted by molar-refractivity contribution is -0.403. The fraction of sp³-hybridized carbons (Fsp3) is 0.794. The predicted molar refractivity (Wildman–Crippen MR) is 353 cm³/mol. The maximum atomic E-state index is 13.8. The molecule has 34 heteroatoms. The molecule has 584 valence electrons. The van der Waals surface area contributed by atoms with E-state index >= 15 is 0 Å². The molecular formula is C68H111N3O31. The lowest BCUT2D eigenvalue weighted by Gasteiger charge is -2.52. The van der Waals surface area contributed by atoms with E-state index in [1.807, 2.05) is 30.3 Å². The number of unbranched alkanes of at least 4 members (excludes halogenated alkanes) is 14. The standard InChI is InChI=1S/C68H111N3O31/c1-4-5-6-7-8-9-10-11-12-13-14-15-16-17-21-28-47(82)71-39(40(79)27-23-22-26-38-24-19-18-20-25-38)35-93-64-56(89)54(87)58(45(33-75)96-64)98-66-57(90)62(102-68(67(91)92)29-41(80)48(69-36(2)77)61(101-68)50(83)42(81)30-72)59(46(34-76)97-66)99-63-49(70-37(3)78)60(52(85)44(32-74)94-63)100-65-55(88)53(86)51(84)43(31-73)95-65/h18-20,22-27,39-46,48-66,72-76,79-81,83-90H,4-17,21,28-35H2,1-3H3,(H,69,77)(H,70,78)(H,71,82)(H,91,92)/b26-22+,27-23+/t39-,40+,41-,42+,43+,44+,45+,46+,48?,49+,50+,51-,52-,53-,54+,55+,56+,57+,58+,59-,60+,61?,62+,63-,64+,65-,66-,68-/m0/s1. The molecule has 5 aliphatic heterocycles. The zero-order valence-electron chi connectivity index (χ0n) is 57.9. The molecule has 1 aromatic rings. The van der Waals surface area contributed by atoms with Crippen LogP contribution in [0.3, 0.4) is 0 Å². The number of aliphatic carboxylic acids is 1. The van der Waals surface area contributed by atoms with Crippen LogP contribution >= 0.6 is 0 Å². The Morgan fingerprint density at radius 1 is 0.559 bits per heavy atom. The molecule has 20 N–H and O–H groups in total. The monoisotopic (exact) mass is 1470 g/mol. The number of aliphatic hydroxyl groups is 16. The smallest absolute Gasteiger partial charge is 0.364 e. The maximum Gasteiger partial charge on any atom is 0.364 e. The molecule has 1 aromatic carbocycles. The van der Waals surface area contributed by atoms with Crippen molar-refractivity contribution in [3.05, 3.63) is 54.1 Å². The average Bonchev–Trinajstić information content (AvgIpc) is 0.755. The van der Waals surface area contributed by atoms with Crippen molar-refractivity contribution in [3.63, 3.8) is 0 Å². The first kappa shape index (κ1) is 86.5. The van der Waals surface area contributed by atoms with Crippen LogP contribution in [0.1, 0.15) is 135 Å². The van der Waals surface area contributed by atoms with Crippen LogP contribution < -0.4 is 16.0 Å². The van der Waals surface area contributed by atoms with Crippen LogP contribution in [-0.4, -0.2) is 321 Å². The summed E-state index contributed by atoms with van der Waals surface area (Å²) in [6.07, 6.45) is -27.6. The molecule has 5 saturated heterocycles. The van der Waals surface area contributed by atoms with Gasteiger partial charge in [-0.3, -0.25) is 14.4 Å². The first-order chi connectivity index (χ1) is 48.8. The number of benzene rings is 1. The largest absolute Gasteiger partial charge is 0.477 e. The topological polar surface area (TPSA) is 541 Å². The number of carboxylic acid groups (broad SMARTS) is 1. The Balaban J connectivity index is 1.25. The number of hydrogen-bond acceptors (Lipinski definition) is 30. The minimum Gasteiger partial charge on any atom is -0.477 e. The molecule has 0 bridgehead atoms. The van der Waals surface area contributed by atoms with Crippen LogP contribution in [0.15, 0.2) is 48.6 Å². The van der Waals surface area contributed by atoms with Crippen molar-refractivity contribution in [1.82, 2.24) is 16.0 Å². The highest BCUT2D eigenvalue weighted by Gasteiger charge is 2.62. The number of allylic oxidation sites excluding steroid dienone is 2. The van der Waals surface area contributed by atoms with Gasteiger partial charge in [-0.05, 0) is 12.0 Å². The third-order valence-electron chi connectivity index (χ3n) is 18.8. The van der Waals surface area contributed by atoms with E-state index in [2.05, 4.69) is 22.9 Å². The quantitative estimate of drug-likeness (QED) is 0.0219. The summed E-state index contributed by atoms with van der Waals surface area (Å²) in [5.74, 6) is -7.78. The fourth-order valence-electron chi connectivity index (χ4n) is 13.1. The van der Waals surface area contributed by atoms with Crippen molar-refractivity contribution in [1.29, 1.82) is 0 Å². The fourth-order valence-corrected chi connectivity index (χ4v) is 13.1. The van der Waals surface area contributed by atoms with Gasteiger partial charge in [-0.2, -0.15) is 0 Å². The van der Waals surface area contributed by atoms with Gasteiger partial charge < -0.3 is 150 Å². The van der Waals surface area contributed by atoms with Crippen LogP contribution in [0.4, 0.5) is 0 Å². The molecule has 0 aliphatic carbocycles. The Morgan fingerprint density at radius 2 is 1.06 bits per heavy atom. The molecule has 28 atom stereocenters.